The summed E-state index contributed by atoms with van der Waals surface area (Å²) in [6.07, 6.45) is 0. The van der Waals surface area contributed by atoms with Gasteiger partial charge in [-0.3, -0.25) is 4.79 Å². The van der Waals surface area contributed by atoms with Gasteiger partial charge in [0.15, 0.2) is 5.75 Å². The average molecular weight is 466 g/mol. The molecule has 0 saturated heterocycles. The Kier molecular flexibility index (Phi) is 5.72. The predicted octanol–water partition coefficient (Wildman–Crippen LogP) is 4.56. The number of methoxy groups -OCH3 is 1. The standard InChI is InChI=1S/C15H10Cl2INO4/c1-23-13-11(17)4-7(15(21)22)5-12(13)19-14(20)9-6-8(18)2-3-10(9)16/h2-6H,1H3,(H,19,20)(H,21,22). The monoisotopic (exact) mass is 465 g/mol. The van der Waals surface area contributed by atoms with Crippen molar-refractivity contribution in [3.05, 3.63) is 55.1 Å². The number of carbonyl (C=O) groups is 2. The van der Waals surface area contributed by atoms with Crippen LogP contribution in [0.25, 0.3) is 0 Å². The van der Waals surface area contributed by atoms with Crippen LogP contribution in [0.5, 0.6) is 5.75 Å². The van der Waals surface area contributed by atoms with Crippen LogP contribution in [0.3, 0.4) is 0 Å². The number of ether oxygens (including phenoxy) is 1. The maximum Gasteiger partial charge on any atom is 0.335 e. The Morgan fingerprint density at radius 2 is 1.87 bits per heavy atom. The van der Waals surface area contributed by atoms with Gasteiger partial charge in [-0.15, -0.1) is 0 Å². The molecule has 2 N–H and O–H groups in total. The molecule has 120 valence electrons. The van der Waals surface area contributed by atoms with Crippen molar-refractivity contribution in [2.24, 2.45) is 0 Å². The normalized spacial score (nSPS) is 10.3. The number of anilines is 1. The van der Waals surface area contributed by atoms with Crippen molar-refractivity contribution in [2.75, 3.05) is 12.4 Å². The Labute approximate surface area is 155 Å². The largest absolute Gasteiger partial charge is 0.493 e. The molecule has 0 saturated carbocycles. The highest BCUT2D eigenvalue weighted by Crippen LogP contribution is 2.35. The second kappa shape index (κ2) is 7.37. The summed E-state index contributed by atoms with van der Waals surface area (Å²) in [4.78, 5) is 23.5. The van der Waals surface area contributed by atoms with Crippen LogP contribution in [0.4, 0.5) is 5.69 Å². The predicted molar refractivity (Wildman–Crippen MR) is 97.1 cm³/mol. The van der Waals surface area contributed by atoms with Gasteiger partial charge in [0.2, 0.25) is 0 Å². The quantitative estimate of drug-likeness (QED) is 0.649. The van der Waals surface area contributed by atoms with Crippen molar-refractivity contribution >= 4 is 63.4 Å². The molecule has 0 atom stereocenters. The number of hydrogen-bond donors (Lipinski definition) is 2. The molecule has 2 aromatic carbocycles. The minimum atomic E-state index is -1.17. The number of hydrogen-bond acceptors (Lipinski definition) is 3. The molecule has 0 radical (unpaired) electrons. The number of benzene rings is 2. The van der Waals surface area contributed by atoms with Crippen molar-refractivity contribution in [2.45, 2.75) is 0 Å². The van der Waals surface area contributed by atoms with Gasteiger partial charge in [-0.2, -0.15) is 0 Å². The van der Waals surface area contributed by atoms with Crippen LogP contribution in [0.1, 0.15) is 20.7 Å². The fraction of sp³-hybridized carbons (Fsp3) is 0.0667. The maximum absolute atomic E-state index is 12.4. The third-order valence-corrected chi connectivity index (χ3v) is 4.20. The molecule has 0 aliphatic carbocycles. The zero-order valence-corrected chi connectivity index (χ0v) is 15.4. The first kappa shape index (κ1) is 17.8. The van der Waals surface area contributed by atoms with Gasteiger partial charge in [-0.1, -0.05) is 23.2 Å². The zero-order valence-electron chi connectivity index (χ0n) is 11.7. The minimum absolute atomic E-state index is 0.0696. The molecule has 5 nitrogen and oxygen atoms in total. The first-order valence-electron chi connectivity index (χ1n) is 6.20. The van der Waals surface area contributed by atoms with Crippen LogP contribution in [-0.2, 0) is 0 Å². The van der Waals surface area contributed by atoms with Gasteiger partial charge in [0.05, 0.1) is 34.0 Å². The molecule has 0 spiro atoms. The van der Waals surface area contributed by atoms with Gasteiger partial charge in [0, 0.05) is 3.57 Å². The van der Waals surface area contributed by atoms with E-state index in [9.17, 15) is 9.59 Å². The van der Waals surface area contributed by atoms with Crippen molar-refractivity contribution < 1.29 is 19.4 Å². The molecule has 0 bridgehead atoms. The maximum atomic E-state index is 12.4. The molecule has 1 amide bonds. The van der Waals surface area contributed by atoms with E-state index in [1.807, 2.05) is 0 Å². The molecule has 0 fully saturated rings. The molecule has 0 aliphatic heterocycles. The van der Waals surface area contributed by atoms with E-state index in [2.05, 4.69) is 27.9 Å². The van der Waals surface area contributed by atoms with Crippen molar-refractivity contribution in [3.63, 3.8) is 0 Å². The lowest BCUT2D eigenvalue weighted by molar-refractivity contribution is 0.0696. The Hall–Kier alpha value is -1.51. The summed E-state index contributed by atoms with van der Waals surface area (Å²) in [5.74, 6) is -1.49. The van der Waals surface area contributed by atoms with Gasteiger partial charge in [0.1, 0.15) is 0 Å². The molecule has 0 unspecified atom stereocenters. The number of rotatable bonds is 4. The molecule has 2 aromatic rings. The number of nitrogens with one attached hydrogen (secondary N) is 1. The summed E-state index contributed by atoms with van der Waals surface area (Å²) >= 11 is 14.1. The van der Waals surface area contributed by atoms with Gasteiger partial charge in [-0.25, -0.2) is 4.79 Å². The van der Waals surface area contributed by atoms with Crippen molar-refractivity contribution in [1.29, 1.82) is 0 Å². The zero-order chi connectivity index (χ0) is 17.1. The third-order valence-electron chi connectivity index (χ3n) is 2.92. The Bertz CT molecular complexity index is 795. The second-order valence-electron chi connectivity index (χ2n) is 4.42. The fourth-order valence-corrected chi connectivity index (χ4v) is 2.87. The van der Waals surface area contributed by atoms with Gasteiger partial charge in [0.25, 0.3) is 5.91 Å². The number of aromatic carboxylic acids is 1. The van der Waals surface area contributed by atoms with E-state index in [0.29, 0.717) is 0 Å². The Morgan fingerprint density at radius 3 is 2.48 bits per heavy atom. The lowest BCUT2D eigenvalue weighted by Crippen LogP contribution is -2.14. The second-order valence-corrected chi connectivity index (χ2v) is 6.48. The van der Waals surface area contributed by atoms with Gasteiger partial charge in [-0.05, 0) is 52.9 Å². The topological polar surface area (TPSA) is 75.6 Å². The highest BCUT2D eigenvalue weighted by Gasteiger charge is 2.18. The minimum Gasteiger partial charge on any atom is -0.493 e. The summed E-state index contributed by atoms with van der Waals surface area (Å²) in [6.45, 7) is 0. The first-order chi connectivity index (χ1) is 10.8. The fourth-order valence-electron chi connectivity index (χ4n) is 1.88. The molecule has 2 rings (SSSR count). The number of carbonyl (C=O) groups excluding carboxylic acids is 1. The molecule has 0 heterocycles. The first-order valence-corrected chi connectivity index (χ1v) is 8.04. The SMILES string of the molecule is COc1c(Cl)cc(C(=O)O)cc1NC(=O)c1cc(I)ccc1Cl. The number of carboxylic acid groups (broad SMARTS) is 1. The lowest BCUT2D eigenvalue weighted by Gasteiger charge is -2.13. The Balaban J connectivity index is 2.44. The van der Waals surface area contributed by atoms with Crippen molar-refractivity contribution in [3.8, 4) is 5.75 Å². The summed E-state index contributed by atoms with van der Waals surface area (Å²) < 4.78 is 5.96. The summed E-state index contributed by atoms with van der Waals surface area (Å²) in [6, 6.07) is 7.51. The summed E-state index contributed by atoms with van der Waals surface area (Å²) in [5, 5.41) is 12.0. The third kappa shape index (κ3) is 4.07. The molecular formula is C15H10Cl2INO4. The van der Waals surface area contributed by atoms with E-state index in [0.717, 1.165) is 3.57 Å². The highest BCUT2D eigenvalue weighted by molar-refractivity contribution is 14.1. The van der Waals surface area contributed by atoms with Crippen LogP contribution in [-0.4, -0.2) is 24.1 Å². The number of halogens is 3. The van der Waals surface area contributed by atoms with E-state index in [1.54, 1.807) is 18.2 Å². The van der Waals surface area contributed by atoms with Crippen molar-refractivity contribution in [1.82, 2.24) is 0 Å². The number of carboxylic acids is 1. The van der Waals surface area contributed by atoms with Gasteiger partial charge >= 0.3 is 5.97 Å². The van der Waals surface area contributed by atoms with Crippen LogP contribution in [0.2, 0.25) is 10.0 Å². The molecule has 23 heavy (non-hydrogen) atoms. The Morgan fingerprint density at radius 1 is 1.17 bits per heavy atom. The highest BCUT2D eigenvalue weighted by atomic mass is 127. The molecule has 0 aromatic heterocycles. The van der Waals surface area contributed by atoms with E-state index in [1.165, 1.54) is 19.2 Å². The van der Waals surface area contributed by atoms with E-state index in [4.69, 9.17) is 33.0 Å². The van der Waals surface area contributed by atoms with Crippen LogP contribution in [0, 0.1) is 3.57 Å². The van der Waals surface area contributed by atoms with Crippen LogP contribution < -0.4 is 10.1 Å². The van der Waals surface area contributed by atoms with Crippen LogP contribution >= 0.6 is 45.8 Å². The van der Waals surface area contributed by atoms with E-state index < -0.39 is 11.9 Å². The number of amides is 1. The van der Waals surface area contributed by atoms with E-state index in [-0.39, 0.29) is 32.6 Å². The summed E-state index contributed by atoms with van der Waals surface area (Å²) in [5.41, 5.74) is 0.342. The molecule has 0 aliphatic rings. The molecular weight excluding hydrogens is 456 g/mol. The smallest absolute Gasteiger partial charge is 0.335 e. The average Bonchev–Trinajstić information content (AvgIpc) is 2.49. The van der Waals surface area contributed by atoms with Gasteiger partial charge < -0.3 is 15.2 Å². The summed E-state index contributed by atoms with van der Waals surface area (Å²) in [7, 11) is 1.37. The molecule has 8 heteroatoms. The van der Waals surface area contributed by atoms with Crippen LogP contribution in [0.15, 0.2) is 30.3 Å². The van der Waals surface area contributed by atoms with E-state index >= 15 is 0 Å². The lowest BCUT2D eigenvalue weighted by atomic mass is 10.1.